The molecule has 0 bridgehead atoms. The highest BCUT2D eigenvalue weighted by Crippen LogP contribution is 2.40. The number of rotatable bonds is 1. The lowest BCUT2D eigenvalue weighted by Gasteiger charge is -2.26. The number of hydrogen-bond acceptors (Lipinski definition) is 3. The molecule has 0 spiro atoms. The molecule has 0 radical (unpaired) electrons. The maximum atomic E-state index is 13.0. The minimum absolute atomic E-state index is 0.124. The monoisotopic (exact) mass is 383 g/mol. The number of ether oxygens (including phenoxy) is 1. The van der Waals surface area contributed by atoms with Gasteiger partial charge in [-0.15, -0.1) is 0 Å². The van der Waals surface area contributed by atoms with Crippen LogP contribution in [0.5, 0.6) is 5.75 Å². The van der Waals surface area contributed by atoms with Gasteiger partial charge in [-0.2, -0.15) is 0 Å². The van der Waals surface area contributed by atoms with Crippen molar-refractivity contribution >= 4 is 32.8 Å². The molecule has 3 aromatic rings. The fraction of sp³-hybridized carbons (Fsp3) is 0.158. The maximum Gasteiger partial charge on any atom is 0.312 e. The zero-order valence-corrected chi connectivity index (χ0v) is 14.5. The van der Waals surface area contributed by atoms with Crippen LogP contribution in [0.1, 0.15) is 23.5 Å². The second-order valence-corrected chi connectivity index (χ2v) is 6.83. The van der Waals surface area contributed by atoms with E-state index in [4.69, 9.17) is 4.74 Å². The number of benzene rings is 2. The first-order valence-electron chi connectivity index (χ1n) is 7.64. The van der Waals surface area contributed by atoms with Crippen molar-refractivity contribution in [1.29, 1.82) is 0 Å². The Balaban J connectivity index is 2.07. The molecule has 1 aliphatic heterocycles. The van der Waals surface area contributed by atoms with Gasteiger partial charge in [-0.1, -0.05) is 40.2 Å². The molecule has 1 aliphatic rings. The molecule has 120 valence electrons. The summed E-state index contributed by atoms with van der Waals surface area (Å²) in [7, 11) is 1.75. The highest BCUT2D eigenvalue weighted by Gasteiger charge is 2.33. The third kappa shape index (κ3) is 2.27. The zero-order valence-electron chi connectivity index (χ0n) is 13.0. The van der Waals surface area contributed by atoms with Crippen molar-refractivity contribution in [1.82, 2.24) is 4.57 Å². The number of para-hydroxylation sites is 1. The van der Waals surface area contributed by atoms with Gasteiger partial charge in [-0.25, -0.2) is 0 Å². The summed E-state index contributed by atoms with van der Waals surface area (Å²) in [6, 6.07) is 15.2. The fourth-order valence-electron chi connectivity index (χ4n) is 3.34. The molecule has 4 nitrogen and oxygen atoms in total. The summed E-state index contributed by atoms with van der Waals surface area (Å²) in [5.41, 5.74) is 2.11. The molecule has 0 fully saturated rings. The van der Waals surface area contributed by atoms with E-state index in [9.17, 15) is 9.59 Å². The summed E-state index contributed by atoms with van der Waals surface area (Å²) in [5, 5.41) is 0.780. The lowest BCUT2D eigenvalue weighted by Crippen LogP contribution is -2.31. The van der Waals surface area contributed by atoms with E-state index >= 15 is 0 Å². The van der Waals surface area contributed by atoms with Crippen molar-refractivity contribution in [3.8, 4) is 5.75 Å². The van der Waals surface area contributed by atoms with E-state index in [0.29, 0.717) is 11.3 Å². The number of halogens is 1. The van der Waals surface area contributed by atoms with Crippen LogP contribution < -0.4 is 10.3 Å². The van der Waals surface area contributed by atoms with Crippen molar-refractivity contribution < 1.29 is 9.53 Å². The van der Waals surface area contributed by atoms with Gasteiger partial charge in [0.1, 0.15) is 5.75 Å². The third-order valence-corrected chi connectivity index (χ3v) is 4.97. The number of nitrogens with zero attached hydrogens (tertiary/aromatic N) is 1. The minimum Gasteiger partial charge on any atom is -0.425 e. The van der Waals surface area contributed by atoms with Crippen LogP contribution in [0.3, 0.4) is 0 Å². The molecule has 0 unspecified atom stereocenters. The Bertz CT molecular complexity index is 1040. The van der Waals surface area contributed by atoms with E-state index in [1.807, 2.05) is 48.5 Å². The Morgan fingerprint density at radius 1 is 1.12 bits per heavy atom. The minimum atomic E-state index is -0.314. The predicted molar refractivity (Wildman–Crippen MR) is 95.4 cm³/mol. The molecule has 0 saturated heterocycles. The number of pyridine rings is 1. The molecule has 24 heavy (non-hydrogen) atoms. The molecule has 1 atom stereocenters. The molecule has 5 heteroatoms. The molecule has 1 aromatic heterocycles. The Morgan fingerprint density at radius 2 is 1.92 bits per heavy atom. The van der Waals surface area contributed by atoms with Gasteiger partial charge >= 0.3 is 5.97 Å². The van der Waals surface area contributed by atoms with E-state index in [1.165, 1.54) is 0 Å². The second kappa shape index (κ2) is 5.60. The van der Waals surface area contributed by atoms with Crippen LogP contribution in [-0.4, -0.2) is 10.5 Å². The van der Waals surface area contributed by atoms with E-state index in [0.717, 1.165) is 20.9 Å². The Labute approximate surface area is 146 Å². The van der Waals surface area contributed by atoms with Gasteiger partial charge in [-0.05, 0) is 29.8 Å². The summed E-state index contributed by atoms with van der Waals surface area (Å²) >= 11 is 3.46. The average molecular weight is 384 g/mol. The third-order valence-electron chi connectivity index (χ3n) is 4.48. The predicted octanol–water partition coefficient (Wildman–Crippen LogP) is 3.74. The normalized spacial score (nSPS) is 16.8. The first-order valence-corrected chi connectivity index (χ1v) is 8.43. The van der Waals surface area contributed by atoms with Crippen LogP contribution >= 0.6 is 15.9 Å². The molecule has 4 rings (SSSR count). The quantitative estimate of drug-likeness (QED) is 0.601. The van der Waals surface area contributed by atoms with Crippen LogP contribution in [0.25, 0.3) is 10.9 Å². The summed E-state index contributed by atoms with van der Waals surface area (Å²) in [4.78, 5) is 25.2. The van der Waals surface area contributed by atoms with Crippen LogP contribution in [0.15, 0.2) is 57.8 Å². The van der Waals surface area contributed by atoms with E-state index in [2.05, 4.69) is 15.9 Å². The number of aryl methyl sites for hydroxylation is 1. The van der Waals surface area contributed by atoms with Gasteiger partial charge in [0.2, 0.25) is 0 Å². The Hall–Kier alpha value is -2.40. The molecule has 0 saturated carbocycles. The smallest absolute Gasteiger partial charge is 0.312 e. The summed E-state index contributed by atoms with van der Waals surface area (Å²) in [5.74, 6) is -0.220. The van der Waals surface area contributed by atoms with Crippen LogP contribution in [-0.2, 0) is 11.8 Å². The Kier molecular flexibility index (Phi) is 3.53. The van der Waals surface area contributed by atoms with Gasteiger partial charge in [0, 0.05) is 22.8 Å². The molecule has 2 aromatic carbocycles. The van der Waals surface area contributed by atoms with E-state index < -0.39 is 0 Å². The SMILES string of the molecule is Cn1c(=O)c2c(c3ccccc31)OC(=O)C[C@@H]2c1cccc(Br)c1. The van der Waals surface area contributed by atoms with Crippen molar-refractivity contribution in [3.05, 3.63) is 74.5 Å². The van der Waals surface area contributed by atoms with E-state index in [1.54, 1.807) is 11.6 Å². The lowest BCUT2D eigenvalue weighted by atomic mass is 9.86. The highest BCUT2D eigenvalue weighted by atomic mass is 79.9. The molecule has 0 N–H and O–H groups in total. The second-order valence-electron chi connectivity index (χ2n) is 5.91. The van der Waals surface area contributed by atoms with Gasteiger partial charge in [-0.3, -0.25) is 9.59 Å². The first-order chi connectivity index (χ1) is 11.6. The zero-order chi connectivity index (χ0) is 16.8. The van der Waals surface area contributed by atoms with Gasteiger partial charge < -0.3 is 9.30 Å². The van der Waals surface area contributed by atoms with Crippen LogP contribution in [0.4, 0.5) is 0 Å². The molecular weight excluding hydrogens is 370 g/mol. The number of fused-ring (bicyclic) bond motifs is 3. The average Bonchev–Trinajstić information content (AvgIpc) is 2.59. The number of aromatic nitrogens is 1. The topological polar surface area (TPSA) is 48.3 Å². The lowest BCUT2D eigenvalue weighted by molar-refractivity contribution is -0.135. The van der Waals surface area contributed by atoms with Crippen molar-refractivity contribution in [3.63, 3.8) is 0 Å². The number of esters is 1. The number of carbonyl (C=O) groups excluding carboxylic acids is 1. The molecular formula is C19H14BrNO3. The fourth-order valence-corrected chi connectivity index (χ4v) is 3.76. The summed E-state index contributed by atoms with van der Waals surface area (Å²) < 4.78 is 8.04. The Morgan fingerprint density at radius 3 is 2.71 bits per heavy atom. The van der Waals surface area contributed by atoms with Crippen molar-refractivity contribution in [2.45, 2.75) is 12.3 Å². The van der Waals surface area contributed by atoms with Crippen LogP contribution in [0, 0.1) is 0 Å². The van der Waals surface area contributed by atoms with Gasteiger partial charge in [0.25, 0.3) is 5.56 Å². The van der Waals surface area contributed by atoms with Crippen LogP contribution in [0.2, 0.25) is 0 Å². The summed E-state index contributed by atoms with van der Waals surface area (Å²) in [6.07, 6.45) is 0.164. The maximum absolute atomic E-state index is 13.0. The number of hydrogen-bond donors (Lipinski definition) is 0. The molecule has 2 heterocycles. The largest absolute Gasteiger partial charge is 0.425 e. The number of carbonyl (C=O) groups is 1. The summed E-state index contributed by atoms with van der Waals surface area (Å²) in [6.45, 7) is 0. The van der Waals surface area contributed by atoms with Crippen molar-refractivity contribution in [2.75, 3.05) is 0 Å². The molecule has 0 amide bonds. The van der Waals surface area contributed by atoms with Crippen molar-refractivity contribution in [2.24, 2.45) is 7.05 Å². The first kappa shape index (κ1) is 15.1. The van der Waals surface area contributed by atoms with E-state index in [-0.39, 0.29) is 23.9 Å². The molecule has 0 aliphatic carbocycles. The van der Waals surface area contributed by atoms with Gasteiger partial charge in [0.05, 0.1) is 17.5 Å². The standard InChI is InChI=1S/C19H14BrNO3/c1-21-15-8-3-2-7-13(15)18-17(19(21)23)14(10-16(22)24-18)11-5-4-6-12(20)9-11/h2-9,14H,10H2,1H3/t14-/m1/s1. The van der Waals surface area contributed by atoms with Gasteiger partial charge in [0.15, 0.2) is 0 Å². The highest BCUT2D eigenvalue weighted by molar-refractivity contribution is 9.10.